The lowest BCUT2D eigenvalue weighted by molar-refractivity contribution is 0.207. The van der Waals surface area contributed by atoms with Crippen molar-refractivity contribution in [2.24, 2.45) is 0 Å². The molecule has 3 rings (SSSR count). The average Bonchev–Trinajstić information content (AvgIpc) is 2.68. The fraction of sp³-hybridized carbons (Fsp3) is 0.273. The van der Waals surface area contributed by atoms with E-state index in [1.54, 1.807) is 18.3 Å². The summed E-state index contributed by atoms with van der Waals surface area (Å²) < 4.78 is 25.7. The molecule has 0 aromatic heterocycles. The van der Waals surface area contributed by atoms with Crippen LogP contribution in [-0.4, -0.2) is 30.5 Å². The third-order valence-electron chi connectivity index (χ3n) is 3.20. The molecular formula is C11H11NO3S. The van der Waals surface area contributed by atoms with Crippen LogP contribution in [0.25, 0.3) is 0 Å². The largest absolute Gasteiger partial charge is 0.394 e. The van der Waals surface area contributed by atoms with Gasteiger partial charge in [-0.25, -0.2) is 8.42 Å². The molecule has 4 nitrogen and oxygen atoms in total. The van der Waals surface area contributed by atoms with Gasteiger partial charge in [0.15, 0.2) is 0 Å². The van der Waals surface area contributed by atoms with E-state index in [4.69, 9.17) is 0 Å². The molecule has 2 heterocycles. The SMILES string of the molecule is O=S1(=O)c2ccccc2[C@@H]2C=CN1[C@@H]2CO. The fourth-order valence-corrected chi connectivity index (χ4v) is 4.21. The van der Waals surface area contributed by atoms with Crippen molar-refractivity contribution < 1.29 is 13.5 Å². The van der Waals surface area contributed by atoms with E-state index in [1.807, 2.05) is 18.2 Å². The highest BCUT2D eigenvalue weighted by atomic mass is 32.2. The minimum absolute atomic E-state index is 0.0234. The zero-order chi connectivity index (χ0) is 11.3. The molecule has 16 heavy (non-hydrogen) atoms. The summed E-state index contributed by atoms with van der Waals surface area (Å²) in [7, 11) is -3.47. The number of hydrogen-bond donors (Lipinski definition) is 1. The summed E-state index contributed by atoms with van der Waals surface area (Å²) in [6, 6.07) is 6.60. The van der Waals surface area contributed by atoms with Gasteiger partial charge in [0.2, 0.25) is 0 Å². The molecule has 0 unspecified atom stereocenters. The Hall–Kier alpha value is -1.33. The van der Waals surface area contributed by atoms with E-state index in [0.717, 1.165) is 5.56 Å². The van der Waals surface area contributed by atoms with Crippen molar-refractivity contribution in [2.75, 3.05) is 6.61 Å². The minimum atomic E-state index is -3.47. The molecule has 0 saturated carbocycles. The first-order valence-electron chi connectivity index (χ1n) is 5.08. The van der Waals surface area contributed by atoms with Crippen molar-refractivity contribution in [1.82, 2.24) is 4.31 Å². The van der Waals surface area contributed by atoms with Crippen LogP contribution in [0, 0.1) is 0 Å². The molecule has 0 amide bonds. The quantitative estimate of drug-likeness (QED) is 0.780. The second kappa shape index (κ2) is 3.09. The van der Waals surface area contributed by atoms with Crippen LogP contribution >= 0.6 is 0 Å². The Morgan fingerprint density at radius 3 is 2.81 bits per heavy atom. The van der Waals surface area contributed by atoms with Crippen LogP contribution in [0.1, 0.15) is 11.5 Å². The summed E-state index contributed by atoms with van der Waals surface area (Å²) in [5, 5.41) is 9.28. The Balaban J connectivity index is 2.31. The standard InChI is InChI=1S/C11H11NO3S/c13-7-10-8-5-6-12(10)16(14,15)11-4-2-1-3-9(8)11/h1-6,8,10,13H,7H2/t8-,10+/m0/s1. The topological polar surface area (TPSA) is 57.6 Å². The molecule has 84 valence electrons. The smallest absolute Gasteiger partial charge is 0.264 e. The molecular weight excluding hydrogens is 226 g/mol. The Kier molecular flexibility index (Phi) is 1.90. The van der Waals surface area contributed by atoms with Crippen LogP contribution in [0.3, 0.4) is 0 Å². The number of nitrogens with zero attached hydrogens (tertiary/aromatic N) is 1. The first-order chi connectivity index (χ1) is 7.66. The fourth-order valence-electron chi connectivity index (χ4n) is 2.44. The molecule has 2 aliphatic rings. The van der Waals surface area contributed by atoms with Gasteiger partial charge in [0.1, 0.15) is 0 Å². The van der Waals surface area contributed by atoms with Gasteiger partial charge in [-0.05, 0) is 11.6 Å². The van der Waals surface area contributed by atoms with Crippen molar-refractivity contribution >= 4 is 10.0 Å². The third kappa shape index (κ3) is 1.04. The lowest BCUT2D eigenvalue weighted by atomic mass is 9.94. The molecule has 0 saturated heterocycles. The van der Waals surface area contributed by atoms with Crippen molar-refractivity contribution in [3.63, 3.8) is 0 Å². The zero-order valence-electron chi connectivity index (χ0n) is 8.45. The predicted molar refractivity (Wildman–Crippen MR) is 58.2 cm³/mol. The van der Waals surface area contributed by atoms with Gasteiger partial charge in [0.25, 0.3) is 10.0 Å². The van der Waals surface area contributed by atoms with E-state index < -0.39 is 10.0 Å². The van der Waals surface area contributed by atoms with Crippen molar-refractivity contribution in [3.05, 3.63) is 42.1 Å². The Bertz CT molecular complexity index is 564. The molecule has 5 heteroatoms. The van der Waals surface area contributed by atoms with E-state index in [1.165, 1.54) is 4.31 Å². The van der Waals surface area contributed by atoms with Crippen molar-refractivity contribution in [2.45, 2.75) is 16.9 Å². The van der Waals surface area contributed by atoms with Crippen LogP contribution in [0.15, 0.2) is 41.4 Å². The Morgan fingerprint density at radius 1 is 1.31 bits per heavy atom. The molecule has 0 aliphatic carbocycles. The Labute approximate surface area is 93.9 Å². The summed E-state index contributed by atoms with van der Waals surface area (Å²) in [4.78, 5) is 0.356. The maximum Gasteiger partial charge on any atom is 0.264 e. The predicted octanol–water partition coefficient (Wildman–Crippen LogP) is 0.663. The lowest BCUT2D eigenvalue weighted by Crippen LogP contribution is -2.42. The number of fused-ring (bicyclic) bond motifs is 4. The van der Waals surface area contributed by atoms with Crippen LogP contribution in [0.2, 0.25) is 0 Å². The van der Waals surface area contributed by atoms with E-state index in [-0.39, 0.29) is 18.6 Å². The molecule has 0 radical (unpaired) electrons. The van der Waals surface area contributed by atoms with Crippen LogP contribution in [0.5, 0.6) is 0 Å². The molecule has 1 N–H and O–H groups in total. The molecule has 1 aromatic rings. The van der Waals surface area contributed by atoms with Crippen molar-refractivity contribution in [3.8, 4) is 0 Å². The summed E-state index contributed by atoms with van der Waals surface area (Å²) >= 11 is 0. The van der Waals surface area contributed by atoms with Gasteiger partial charge in [0.05, 0.1) is 17.5 Å². The van der Waals surface area contributed by atoms with Gasteiger partial charge in [-0.3, -0.25) is 4.31 Å². The summed E-state index contributed by atoms with van der Waals surface area (Å²) in [5.41, 5.74) is 0.784. The van der Waals surface area contributed by atoms with E-state index in [2.05, 4.69) is 0 Å². The van der Waals surface area contributed by atoms with Gasteiger partial charge in [-0.15, -0.1) is 0 Å². The van der Waals surface area contributed by atoms with Crippen LogP contribution < -0.4 is 0 Å². The van der Waals surface area contributed by atoms with Crippen molar-refractivity contribution in [1.29, 1.82) is 0 Å². The van der Waals surface area contributed by atoms with E-state index >= 15 is 0 Å². The molecule has 0 spiro atoms. The number of benzene rings is 1. The monoisotopic (exact) mass is 237 g/mol. The number of sulfonamides is 1. The van der Waals surface area contributed by atoms with Crippen LogP contribution in [0.4, 0.5) is 0 Å². The number of aliphatic hydroxyl groups is 1. The average molecular weight is 237 g/mol. The van der Waals surface area contributed by atoms with Gasteiger partial charge in [0, 0.05) is 12.1 Å². The maximum absolute atomic E-state index is 12.2. The van der Waals surface area contributed by atoms with Crippen LogP contribution in [-0.2, 0) is 10.0 Å². The number of aliphatic hydroxyl groups excluding tert-OH is 1. The molecule has 2 bridgehead atoms. The minimum Gasteiger partial charge on any atom is -0.394 e. The first kappa shape index (κ1) is 9.86. The number of rotatable bonds is 1. The van der Waals surface area contributed by atoms with Gasteiger partial charge in [-0.1, -0.05) is 24.3 Å². The normalized spacial score (nSPS) is 29.2. The van der Waals surface area contributed by atoms with E-state index in [9.17, 15) is 13.5 Å². The molecule has 0 fully saturated rings. The molecule has 2 atom stereocenters. The van der Waals surface area contributed by atoms with Gasteiger partial charge in [-0.2, -0.15) is 0 Å². The molecule has 2 aliphatic heterocycles. The van der Waals surface area contributed by atoms with Gasteiger partial charge < -0.3 is 5.11 Å². The highest BCUT2D eigenvalue weighted by Gasteiger charge is 2.44. The highest BCUT2D eigenvalue weighted by molar-refractivity contribution is 7.89. The summed E-state index contributed by atoms with van der Waals surface area (Å²) in [6.07, 6.45) is 3.39. The first-order valence-corrected chi connectivity index (χ1v) is 6.52. The second-order valence-corrected chi connectivity index (χ2v) is 5.80. The zero-order valence-corrected chi connectivity index (χ0v) is 9.26. The summed E-state index contributed by atoms with van der Waals surface area (Å²) in [5.74, 6) is -0.0234. The third-order valence-corrected chi connectivity index (χ3v) is 5.08. The number of hydrogen-bond acceptors (Lipinski definition) is 3. The highest BCUT2D eigenvalue weighted by Crippen LogP contribution is 2.42. The molecule has 1 aromatic carbocycles. The Morgan fingerprint density at radius 2 is 2.06 bits per heavy atom. The lowest BCUT2D eigenvalue weighted by Gasteiger charge is -2.33. The maximum atomic E-state index is 12.2. The van der Waals surface area contributed by atoms with E-state index in [0.29, 0.717) is 4.90 Å². The second-order valence-electron chi connectivity index (χ2n) is 3.99. The van der Waals surface area contributed by atoms with Gasteiger partial charge >= 0.3 is 0 Å². The summed E-state index contributed by atoms with van der Waals surface area (Å²) in [6.45, 7) is -0.161.